The van der Waals surface area contributed by atoms with Gasteiger partial charge in [-0.1, -0.05) is 43.6 Å². The van der Waals surface area contributed by atoms with Gasteiger partial charge in [0.15, 0.2) is 11.5 Å². The van der Waals surface area contributed by atoms with Gasteiger partial charge in [0.25, 0.3) is 0 Å². The van der Waals surface area contributed by atoms with Gasteiger partial charge in [0, 0.05) is 11.1 Å². The molecule has 0 aliphatic carbocycles. The number of hydrogen-bond donors (Lipinski definition) is 2. The summed E-state index contributed by atoms with van der Waals surface area (Å²) < 4.78 is 11.3. The molecule has 0 fully saturated rings. The second-order valence-electron chi connectivity index (χ2n) is 7.35. The molecule has 1 aliphatic heterocycles. The second kappa shape index (κ2) is 9.30. The summed E-state index contributed by atoms with van der Waals surface area (Å²) in [6.45, 7) is 7.54. The van der Waals surface area contributed by atoms with Gasteiger partial charge in [-0.05, 0) is 48.2 Å². The first kappa shape index (κ1) is 20.5. The molecule has 2 N–H and O–H groups in total. The summed E-state index contributed by atoms with van der Waals surface area (Å²) in [4.78, 5) is 12.6. The van der Waals surface area contributed by atoms with Crippen molar-refractivity contribution in [2.45, 2.75) is 32.9 Å². The molecule has 0 spiro atoms. The van der Waals surface area contributed by atoms with Crippen LogP contribution >= 0.6 is 11.6 Å². The third kappa shape index (κ3) is 5.18. The van der Waals surface area contributed by atoms with E-state index in [4.69, 9.17) is 21.1 Å². The van der Waals surface area contributed by atoms with E-state index in [0.717, 1.165) is 22.6 Å². The van der Waals surface area contributed by atoms with E-state index in [-0.39, 0.29) is 30.5 Å². The van der Waals surface area contributed by atoms with E-state index in [1.54, 1.807) is 0 Å². The molecule has 0 radical (unpaired) electrons. The fraction of sp³-hybridized carbons (Fsp3) is 0.409. The van der Waals surface area contributed by atoms with Crippen LogP contribution in [0, 0.1) is 5.92 Å². The summed E-state index contributed by atoms with van der Waals surface area (Å²) in [5.74, 6) is 1.68. The Balaban J connectivity index is 1.60. The van der Waals surface area contributed by atoms with Gasteiger partial charge in [-0.3, -0.25) is 4.79 Å². The maximum Gasteiger partial charge on any atom is 0.234 e. The van der Waals surface area contributed by atoms with Gasteiger partial charge in [-0.15, -0.1) is 0 Å². The van der Waals surface area contributed by atoms with E-state index < -0.39 is 0 Å². The molecule has 0 saturated carbocycles. The predicted octanol–water partition coefficient (Wildman–Crippen LogP) is 4.28. The van der Waals surface area contributed by atoms with Crippen molar-refractivity contribution in [2.24, 2.45) is 5.92 Å². The highest BCUT2D eigenvalue weighted by atomic mass is 35.5. The lowest BCUT2D eigenvalue weighted by Crippen LogP contribution is -2.38. The van der Waals surface area contributed by atoms with E-state index in [0.29, 0.717) is 18.2 Å². The van der Waals surface area contributed by atoms with Gasteiger partial charge in [0.1, 0.15) is 13.2 Å². The van der Waals surface area contributed by atoms with Gasteiger partial charge < -0.3 is 20.1 Å². The highest BCUT2D eigenvalue weighted by molar-refractivity contribution is 6.30. The van der Waals surface area contributed by atoms with Gasteiger partial charge in [-0.2, -0.15) is 0 Å². The van der Waals surface area contributed by atoms with E-state index in [2.05, 4.69) is 24.5 Å². The lowest BCUT2D eigenvalue weighted by molar-refractivity contribution is -0.121. The standard InChI is InChI=1S/C22H27ClN2O3/c1-14(2)22(17-6-9-19-20(12-17)28-11-10-27-19)25-21(26)13-24-15(3)16-4-7-18(23)8-5-16/h4-9,12,14-15,22,24H,10-11,13H2,1-3H3,(H,25,26)/t15-,22+/m0/s1. The summed E-state index contributed by atoms with van der Waals surface area (Å²) in [6.07, 6.45) is 0. The van der Waals surface area contributed by atoms with Crippen LogP contribution in [-0.2, 0) is 4.79 Å². The first-order valence-corrected chi connectivity index (χ1v) is 9.99. The highest BCUT2D eigenvalue weighted by Gasteiger charge is 2.21. The minimum atomic E-state index is -0.101. The summed E-state index contributed by atoms with van der Waals surface area (Å²) in [6, 6.07) is 13.4. The minimum absolute atomic E-state index is 0.0468. The Morgan fingerprint density at radius 1 is 1.00 bits per heavy atom. The Labute approximate surface area is 171 Å². The van der Waals surface area contributed by atoms with Crippen LogP contribution in [0.3, 0.4) is 0 Å². The van der Waals surface area contributed by atoms with Crippen molar-refractivity contribution in [2.75, 3.05) is 19.8 Å². The van der Waals surface area contributed by atoms with E-state index in [1.165, 1.54) is 0 Å². The van der Waals surface area contributed by atoms with Crippen LogP contribution in [0.5, 0.6) is 11.5 Å². The average Bonchev–Trinajstić information content (AvgIpc) is 2.70. The Kier molecular flexibility index (Phi) is 6.81. The Morgan fingerprint density at radius 2 is 1.64 bits per heavy atom. The zero-order chi connectivity index (χ0) is 20.1. The highest BCUT2D eigenvalue weighted by Crippen LogP contribution is 2.34. The first-order chi connectivity index (χ1) is 13.4. The topological polar surface area (TPSA) is 59.6 Å². The molecular weight excluding hydrogens is 376 g/mol. The first-order valence-electron chi connectivity index (χ1n) is 9.62. The van der Waals surface area contributed by atoms with E-state index in [1.807, 2.05) is 49.4 Å². The normalized spacial score (nSPS) is 15.2. The molecule has 0 bridgehead atoms. The number of carbonyl (C=O) groups is 1. The maximum atomic E-state index is 12.6. The number of carbonyl (C=O) groups excluding carboxylic acids is 1. The molecule has 3 rings (SSSR count). The average molecular weight is 403 g/mol. The fourth-order valence-corrected chi connectivity index (χ4v) is 3.35. The number of benzene rings is 2. The number of halogens is 1. The van der Waals surface area contributed by atoms with Crippen LogP contribution in [0.25, 0.3) is 0 Å². The van der Waals surface area contributed by atoms with E-state index >= 15 is 0 Å². The lowest BCUT2D eigenvalue weighted by Gasteiger charge is -2.26. The molecule has 0 saturated heterocycles. The number of amides is 1. The van der Waals surface area contributed by atoms with Crippen molar-refractivity contribution in [3.63, 3.8) is 0 Å². The van der Waals surface area contributed by atoms with Crippen LogP contribution in [0.15, 0.2) is 42.5 Å². The quantitative estimate of drug-likeness (QED) is 0.725. The SMILES string of the molecule is CC(C)[C@@H](NC(=O)CN[C@@H](C)c1ccc(Cl)cc1)c1ccc2c(c1)OCCO2. The molecule has 1 heterocycles. The Hall–Kier alpha value is -2.24. The monoisotopic (exact) mass is 402 g/mol. The van der Waals surface area contributed by atoms with Crippen LogP contribution < -0.4 is 20.1 Å². The lowest BCUT2D eigenvalue weighted by atomic mass is 9.95. The third-order valence-corrected chi connectivity index (χ3v) is 5.10. The van der Waals surface area contributed by atoms with Gasteiger partial charge in [0.05, 0.1) is 12.6 Å². The van der Waals surface area contributed by atoms with Crippen molar-refractivity contribution in [3.8, 4) is 11.5 Å². The number of ether oxygens (including phenoxy) is 2. The number of rotatable bonds is 7. The molecule has 150 valence electrons. The Bertz CT molecular complexity index is 808. The van der Waals surface area contributed by atoms with Crippen LogP contribution in [0.2, 0.25) is 5.02 Å². The zero-order valence-electron chi connectivity index (χ0n) is 16.5. The number of nitrogens with one attached hydrogen (secondary N) is 2. The molecule has 2 aromatic carbocycles. The van der Waals surface area contributed by atoms with Crippen molar-refractivity contribution in [3.05, 3.63) is 58.6 Å². The smallest absolute Gasteiger partial charge is 0.234 e. The molecule has 0 unspecified atom stereocenters. The summed E-state index contributed by atoms with van der Waals surface area (Å²) in [7, 11) is 0. The van der Waals surface area contributed by atoms with Crippen molar-refractivity contribution < 1.29 is 14.3 Å². The van der Waals surface area contributed by atoms with Crippen molar-refractivity contribution >= 4 is 17.5 Å². The fourth-order valence-electron chi connectivity index (χ4n) is 3.23. The number of hydrogen-bond acceptors (Lipinski definition) is 4. The molecule has 6 heteroatoms. The zero-order valence-corrected chi connectivity index (χ0v) is 17.3. The summed E-state index contributed by atoms with van der Waals surface area (Å²) >= 11 is 5.93. The number of fused-ring (bicyclic) bond motifs is 1. The van der Waals surface area contributed by atoms with Gasteiger partial charge in [0.2, 0.25) is 5.91 Å². The minimum Gasteiger partial charge on any atom is -0.486 e. The molecule has 5 nitrogen and oxygen atoms in total. The molecule has 1 aliphatic rings. The van der Waals surface area contributed by atoms with Gasteiger partial charge in [-0.25, -0.2) is 0 Å². The summed E-state index contributed by atoms with van der Waals surface area (Å²) in [5, 5.41) is 7.10. The predicted molar refractivity (Wildman–Crippen MR) is 111 cm³/mol. The molecule has 2 aromatic rings. The van der Waals surface area contributed by atoms with Gasteiger partial charge >= 0.3 is 0 Å². The molecule has 1 amide bonds. The van der Waals surface area contributed by atoms with E-state index in [9.17, 15) is 4.79 Å². The van der Waals surface area contributed by atoms with Crippen molar-refractivity contribution in [1.29, 1.82) is 0 Å². The third-order valence-electron chi connectivity index (χ3n) is 4.85. The molecule has 0 aromatic heterocycles. The molecule has 28 heavy (non-hydrogen) atoms. The van der Waals surface area contributed by atoms with Crippen LogP contribution in [0.4, 0.5) is 0 Å². The largest absolute Gasteiger partial charge is 0.486 e. The molecule has 2 atom stereocenters. The maximum absolute atomic E-state index is 12.6. The van der Waals surface area contributed by atoms with Crippen molar-refractivity contribution in [1.82, 2.24) is 10.6 Å². The van der Waals surface area contributed by atoms with Crippen LogP contribution in [0.1, 0.15) is 44.0 Å². The summed E-state index contributed by atoms with van der Waals surface area (Å²) in [5.41, 5.74) is 2.10. The second-order valence-corrected chi connectivity index (χ2v) is 7.78. The molecular formula is C22H27ClN2O3. The van der Waals surface area contributed by atoms with Crippen LogP contribution in [-0.4, -0.2) is 25.7 Å². The Morgan fingerprint density at radius 3 is 2.32 bits per heavy atom.